The predicted octanol–water partition coefficient (Wildman–Crippen LogP) is 2.48. The van der Waals surface area contributed by atoms with Gasteiger partial charge in [-0.05, 0) is 49.6 Å². The Kier molecular flexibility index (Phi) is 4.69. The molecule has 2 aromatic rings. The minimum atomic E-state index is -3.57. The van der Waals surface area contributed by atoms with Gasteiger partial charge in [0, 0.05) is 5.56 Å². The molecule has 24 heavy (non-hydrogen) atoms. The summed E-state index contributed by atoms with van der Waals surface area (Å²) in [6, 6.07) is 15.9. The summed E-state index contributed by atoms with van der Waals surface area (Å²) in [5, 5.41) is 3.05. The monoisotopic (exact) mass is 344 g/mol. The maximum absolute atomic E-state index is 12.6. The van der Waals surface area contributed by atoms with Gasteiger partial charge in [-0.1, -0.05) is 36.4 Å². The van der Waals surface area contributed by atoms with Crippen molar-refractivity contribution in [1.29, 1.82) is 0 Å². The molecule has 6 heteroatoms. The normalized spacial score (nSPS) is 15.7. The molecule has 0 aromatic heterocycles. The second kappa shape index (κ2) is 6.75. The predicted molar refractivity (Wildman–Crippen MR) is 92.1 cm³/mol. The quantitative estimate of drug-likeness (QED) is 0.845. The second-order valence-electron chi connectivity index (χ2n) is 5.93. The van der Waals surface area contributed by atoms with Gasteiger partial charge < -0.3 is 5.32 Å². The number of benzene rings is 2. The number of amides is 1. The largest absolute Gasteiger partial charge is 0.345 e. The lowest BCUT2D eigenvalue weighted by Gasteiger charge is -2.19. The van der Waals surface area contributed by atoms with Crippen LogP contribution >= 0.6 is 0 Å². The van der Waals surface area contributed by atoms with Crippen LogP contribution in [0.1, 0.15) is 34.8 Å². The SMILES string of the molecule is CNS(=O)(=O)c1cccc(C(=O)N[C@@H](c2ccccc2)C2CC2)c1. The lowest BCUT2D eigenvalue weighted by molar-refractivity contribution is 0.0931. The Morgan fingerprint density at radius 1 is 1.08 bits per heavy atom. The molecule has 0 unspecified atom stereocenters. The van der Waals surface area contributed by atoms with Crippen LogP contribution in [0.15, 0.2) is 59.5 Å². The highest BCUT2D eigenvalue weighted by atomic mass is 32.2. The van der Waals surface area contributed by atoms with E-state index in [4.69, 9.17) is 0 Å². The number of carbonyl (C=O) groups excluding carboxylic acids is 1. The van der Waals surface area contributed by atoms with E-state index in [-0.39, 0.29) is 16.8 Å². The summed E-state index contributed by atoms with van der Waals surface area (Å²) in [7, 11) is -2.22. The van der Waals surface area contributed by atoms with Gasteiger partial charge in [0.15, 0.2) is 0 Å². The van der Waals surface area contributed by atoms with Crippen LogP contribution in [0, 0.1) is 5.92 Å². The summed E-state index contributed by atoms with van der Waals surface area (Å²) in [5.41, 5.74) is 1.42. The van der Waals surface area contributed by atoms with Crippen molar-refractivity contribution in [2.24, 2.45) is 5.92 Å². The third kappa shape index (κ3) is 3.66. The summed E-state index contributed by atoms with van der Waals surface area (Å²) < 4.78 is 26.0. The maximum Gasteiger partial charge on any atom is 0.251 e. The Labute approximate surface area is 142 Å². The van der Waals surface area contributed by atoms with E-state index in [1.165, 1.54) is 19.2 Å². The maximum atomic E-state index is 12.6. The van der Waals surface area contributed by atoms with Gasteiger partial charge in [0.1, 0.15) is 0 Å². The Balaban J connectivity index is 1.83. The molecule has 0 spiro atoms. The topological polar surface area (TPSA) is 75.3 Å². The van der Waals surface area contributed by atoms with Crippen LogP contribution in [-0.2, 0) is 10.0 Å². The molecular weight excluding hydrogens is 324 g/mol. The third-order valence-electron chi connectivity index (χ3n) is 4.21. The molecule has 1 aliphatic rings. The third-order valence-corrected chi connectivity index (χ3v) is 5.63. The highest BCUT2D eigenvalue weighted by molar-refractivity contribution is 7.89. The van der Waals surface area contributed by atoms with Crippen LogP contribution in [-0.4, -0.2) is 21.4 Å². The molecule has 1 atom stereocenters. The van der Waals surface area contributed by atoms with E-state index in [1.54, 1.807) is 12.1 Å². The summed E-state index contributed by atoms with van der Waals surface area (Å²) >= 11 is 0. The van der Waals surface area contributed by atoms with Crippen LogP contribution < -0.4 is 10.0 Å². The van der Waals surface area contributed by atoms with E-state index < -0.39 is 10.0 Å². The van der Waals surface area contributed by atoms with Crippen LogP contribution in [0.3, 0.4) is 0 Å². The highest BCUT2D eigenvalue weighted by Crippen LogP contribution is 2.41. The minimum absolute atomic E-state index is 0.0386. The number of nitrogens with one attached hydrogen (secondary N) is 2. The van der Waals surface area contributed by atoms with Crippen molar-refractivity contribution in [1.82, 2.24) is 10.0 Å². The number of hydrogen-bond donors (Lipinski definition) is 2. The number of hydrogen-bond acceptors (Lipinski definition) is 3. The first-order chi connectivity index (χ1) is 11.5. The minimum Gasteiger partial charge on any atom is -0.345 e. The zero-order valence-corrected chi connectivity index (χ0v) is 14.2. The van der Waals surface area contributed by atoms with Crippen molar-refractivity contribution in [3.8, 4) is 0 Å². The van der Waals surface area contributed by atoms with Gasteiger partial charge in [0.2, 0.25) is 10.0 Å². The number of carbonyl (C=O) groups is 1. The van der Waals surface area contributed by atoms with Crippen molar-refractivity contribution >= 4 is 15.9 Å². The van der Waals surface area contributed by atoms with E-state index in [2.05, 4.69) is 10.0 Å². The molecule has 0 heterocycles. The first-order valence-electron chi connectivity index (χ1n) is 7.90. The van der Waals surface area contributed by atoms with Crippen molar-refractivity contribution in [2.75, 3.05) is 7.05 Å². The van der Waals surface area contributed by atoms with Gasteiger partial charge in [0.25, 0.3) is 5.91 Å². The first-order valence-corrected chi connectivity index (χ1v) is 9.39. The fourth-order valence-electron chi connectivity index (χ4n) is 2.71. The van der Waals surface area contributed by atoms with Crippen LogP contribution in [0.2, 0.25) is 0 Å². The molecule has 0 saturated heterocycles. The number of rotatable bonds is 6. The van der Waals surface area contributed by atoms with Gasteiger partial charge in [0.05, 0.1) is 10.9 Å². The summed E-state index contributed by atoms with van der Waals surface area (Å²) in [6.45, 7) is 0. The molecular formula is C18H20N2O3S. The molecule has 1 amide bonds. The summed E-state index contributed by atoms with van der Waals surface area (Å²) in [5.74, 6) is 0.185. The van der Waals surface area contributed by atoms with Gasteiger partial charge in [-0.15, -0.1) is 0 Å². The standard InChI is InChI=1S/C18H20N2O3S/c1-19-24(22,23)16-9-5-8-15(12-16)18(21)20-17(14-10-11-14)13-6-3-2-4-7-13/h2-9,12,14,17,19H,10-11H2,1H3,(H,20,21)/t17-/m0/s1. The van der Waals surface area contributed by atoms with Gasteiger partial charge in [-0.2, -0.15) is 0 Å². The fraction of sp³-hybridized carbons (Fsp3) is 0.278. The summed E-state index contributed by atoms with van der Waals surface area (Å²) in [6.07, 6.45) is 2.18. The van der Waals surface area contributed by atoms with Gasteiger partial charge in [-0.3, -0.25) is 4.79 Å². The average Bonchev–Trinajstić information content (AvgIpc) is 3.45. The Morgan fingerprint density at radius 2 is 1.79 bits per heavy atom. The van der Waals surface area contributed by atoms with Crippen molar-refractivity contribution in [3.63, 3.8) is 0 Å². The van der Waals surface area contributed by atoms with Gasteiger partial charge >= 0.3 is 0 Å². The Bertz CT molecular complexity index is 830. The molecule has 2 aromatic carbocycles. The molecule has 2 N–H and O–H groups in total. The fourth-order valence-corrected chi connectivity index (χ4v) is 3.49. The molecule has 126 valence electrons. The molecule has 0 aliphatic heterocycles. The molecule has 1 aliphatic carbocycles. The number of sulfonamides is 1. The smallest absolute Gasteiger partial charge is 0.251 e. The lowest BCUT2D eigenvalue weighted by atomic mass is 10.0. The van der Waals surface area contributed by atoms with E-state index in [1.807, 2.05) is 30.3 Å². The molecule has 3 rings (SSSR count). The molecule has 1 saturated carbocycles. The van der Waals surface area contributed by atoms with Crippen LogP contribution in [0.25, 0.3) is 0 Å². The zero-order valence-electron chi connectivity index (χ0n) is 13.4. The van der Waals surface area contributed by atoms with E-state index in [0.29, 0.717) is 11.5 Å². The van der Waals surface area contributed by atoms with E-state index in [9.17, 15) is 13.2 Å². The van der Waals surface area contributed by atoms with Crippen molar-refractivity contribution in [3.05, 3.63) is 65.7 Å². The van der Waals surface area contributed by atoms with E-state index in [0.717, 1.165) is 18.4 Å². The molecule has 0 radical (unpaired) electrons. The molecule has 5 nitrogen and oxygen atoms in total. The Morgan fingerprint density at radius 3 is 2.42 bits per heavy atom. The van der Waals surface area contributed by atoms with Crippen molar-refractivity contribution in [2.45, 2.75) is 23.8 Å². The highest BCUT2D eigenvalue weighted by Gasteiger charge is 2.33. The van der Waals surface area contributed by atoms with Crippen molar-refractivity contribution < 1.29 is 13.2 Å². The Hall–Kier alpha value is -2.18. The molecule has 0 bridgehead atoms. The lowest BCUT2D eigenvalue weighted by Crippen LogP contribution is -2.30. The van der Waals surface area contributed by atoms with E-state index >= 15 is 0 Å². The molecule has 1 fully saturated rings. The van der Waals surface area contributed by atoms with Crippen LogP contribution in [0.5, 0.6) is 0 Å². The summed E-state index contributed by atoms with van der Waals surface area (Å²) in [4.78, 5) is 12.7. The van der Waals surface area contributed by atoms with Gasteiger partial charge in [-0.25, -0.2) is 13.1 Å². The van der Waals surface area contributed by atoms with Crippen LogP contribution in [0.4, 0.5) is 0 Å². The zero-order chi connectivity index (χ0) is 17.2. The second-order valence-corrected chi connectivity index (χ2v) is 7.82. The first kappa shape index (κ1) is 16.7. The average molecular weight is 344 g/mol.